The van der Waals surface area contributed by atoms with E-state index >= 15 is 0 Å². The third-order valence-electron chi connectivity index (χ3n) is 1.87. The van der Waals surface area contributed by atoms with Crippen LogP contribution < -0.4 is 5.32 Å². The third-order valence-corrected chi connectivity index (χ3v) is 2.11. The van der Waals surface area contributed by atoms with Crippen molar-refractivity contribution in [2.75, 3.05) is 5.32 Å². The molecule has 0 aromatic heterocycles. The zero-order valence-corrected chi connectivity index (χ0v) is 8.61. The fourth-order valence-electron chi connectivity index (χ4n) is 1.06. The van der Waals surface area contributed by atoms with Gasteiger partial charge in [-0.2, -0.15) is 0 Å². The fraction of sp³-hybridized carbons (Fsp3) is 0.273. The molecule has 1 unspecified atom stereocenters. The van der Waals surface area contributed by atoms with E-state index in [9.17, 15) is 4.39 Å². The Morgan fingerprint density at radius 3 is 2.86 bits per heavy atom. The van der Waals surface area contributed by atoms with Gasteiger partial charge in [0.15, 0.2) is 0 Å². The lowest BCUT2D eigenvalue weighted by Crippen LogP contribution is -2.16. The first-order valence-corrected chi connectivity index (χ1v) is 4.73. The number of hydrogen-bond acceptors (Lipinski definition) is 1. The second-order valence-corrected chi connectivity index (χ2v) is 3.33. The highest BCUT2D eigenvalue weighted by molar-refractivity contribution is 6.30. The highest BCUT2D eigenvalue weighted by Crippen LogP contribution is 2.19. The SMILES string of the molecule is C#CC(CC)Nc1ccc(Cl)cc1F. The smallest absolute Gasteiger partial charge is 0.147 e. The van der Waals surface area contributed by atoms with Crippen molar-refractivity contribution in [2.45, 2.75) is 19.4 Å². The molecule has 3 heteroatoms. The molecule has 0 aliphatic carbocycles. The minimum absolute atomic E-state index is 0.148. The average molecular weight is 212 g/mol. The molecule has 0 fully saturated rings. The normalized spacial score (nSPS) is 11.9. The zero-order chi connectivity index (χ0) is 10.6. The largest absolute Gasteiger partial charge is 0.369 e. The molecule has 0 radical (unpaired) electrons. The average Bonchev–Trinajstić information content (AvgIpc) is 2.17. The van der Waals surface area contributed by atoms with E-state index in [0.29, 0.717) is 10.7 Å². The van der Waals surface area contributed by atoms with Gasteiger partial charge >= 0.3 is 0 Å². The Hall–Kier alpha value is -1.20. The second-order valence-electron chi connectivity index (χ2n) is 2.90. The van der Waals surface area contributed by atoms with E-state index in [1.165, 1.54) is 6.07 Å². The topological polar surface area (TPSA) is 12.0 Å². The van der Waals surface area contributed by atoms with Crippen LogP contribution in [0.4, 0.5) is 10.1 Å². The van der Waals surface area contributed by atoms with Gasteiger partial charge in [0.25, 0.3) is 0 Å². The van der Waals surface area contributed by atoms with E-state index in [-0.39, 0.29) is 11.9 Å². The summed E-state index contributed by atoms with van der Waals surface area (Å²) in [6, 6.07) is 4.31. The number of anilines is 1. The van der Waals surface area contributed by atoms with Gasteiger partial charge in [-0.15, -0.1) is 6.42 Å². The van der Waals surface area contributed by atoms with Gasteiger partial charge in [-0.3, -0.25) is 0 Å². The molecule has 1 atom stereocenters. The minimum atomic E-state index is -0.383. The molecule has 1 aromatic carbocycles. The summed E-state index contributed by atoms with van der Waals surface area (Å²) in [5.41, 5.74) is 0.388. The minimum Gasteiger partial charge on any atom is -0.369 e. The van der Waals surface area contributed by atoms with Crippen molar-refractivity contribution in [3.63, 3.8) is 0 Å². The third kappa shape index (κ3) is 2.65. The molecule has 14 heavy (non-hydrogen) atoms. The fourth-order valence-corrected chi connectivity index (χ4v) is 1.21. The lowest BCUT2D eigenvalue weighted by atomic mass is 10.2. The maximum Gasteiger partial charge on any atom is 0.147 e. The first-order chi connectivity index (χ1) is 6.67. The van der Waals surface area contributed by atoms with Crippen molar-refractivity contribution in [1.29, 1.82) is 0 Å². The number of benzene rings is 1. The highest BCUT2D eigenvalue weighted by Gasteiger charge is 2.06. The van der Waals surface area contributed by atoms with Crippen molar-refractivity contribution in [1.82, 2.24) is 0 Å². The maximum absolute atomic E-state index is 13.3. The molecule has 1 aromatic rings. The van der Waals surface area contributed by atoms with Crippen LogP contribution in [0.3, 0.4) is 0 Å². The molecule has 0 bridgehead atoms. The standard InChI is InChI=1S/C11H11ClFN/c1-3-9(4-2)14-11-6-5-8(12)7-10(11)13/h1,5-7,9,14H,4H2,2H3. The van der Waals surface area contributed by atoms with Crippen LogP contribution in [0.15, 0.2) is 18.2 Å². The van der Waals surface area contributed by atoms with Gasteiger partial charge in [0.05, 0.1) is 11.7 Å². The summed E-state index contributed by atoms with van der Waals surface area (Å²) < 4.78 is 13.3. The van der Waals surface area contributed by atoms with E-state index in [1.807, 2.05) is 6.92 Å². The first kappa shape index (κ1) is 10.9. The van der Waals surface area contributed by atoms with Crippen LogP contribution in [0.5, 0.6) is 0 Å². The van der Waals surface area contributed by atoms with E-state index in [4.69, 9.17) is 18.0 Å². The molecule has 0 heterocycles. The van der Waals surface area contributed by atoms with E-state index in [0.717, 1.165) is 6.42 Å². The van der Waals surface area contributed by atoms with E-state index < -0.39 is 0 Å². The Morgan fingerprint density at radius 2 is 2.36 bits per heavy atom. The van der Waals surface area contributed by atoms with Gasteiger partial charge in [-0.1, -0.05) is 24.4 Å². The Morgan fingerprint density at radius 1 is 1.64 bits per heavy atom. The maximum atomic E-state index is 13.3. The summed E-state index contributed by atoms with van der Waals surface area (Å²) in [6.45, 7) is 1.94. The van der Waals surface area contributed by atoms with Crippen LogP contribution in [-0.4, -0.2) is 6.04 Å². The molecule has 1 rings (SSSR count). The van der Waals surface area contributed by atoms with Crippen molar-refractivity contribution in [3.05, 3.63) is 29.0 Å². The molecular formula is C11H11ClFN. The molecule has 1 nitrogen and oxygen atoms in total. The van der Waals surface area contributed by atoms with Gasteiger partial charge < -0.3 is 5.32 Å². The van der Waals surface area contributed by atoms with Crippen molar-refractivity contribution < 1.29 is 4.39 Å². The monoisotopic (exact) mass is 211 g/mol. The number of terminal acetylenes is 1. The van der Waals surface area contributed by atoms with Gasteiger partial charge in [-0.25, -0.2) is 4.39 Å². The van der Waals surface area contributed by atoms with Crippen molar-refractivity contribution in [3.8, 4) is 12.3 Å². The van der Waals surface area contributed by atoms with Crippen LogP contribution in [0.2, 0.25) is 5.02 Å². The van der Waals surface area contributed by atoms with E-state index in [2.05, 4.69) is 11.2 Å². The zero-order valence-electron chi connectivity index (χ0n) is 7.85. The summed E-state index contributed by atoms with van der Waals surface area (Å²) in [7, 11) is 0. The molecule has 0 spiro atoms. The molecular weight excluding hydrogens is 201 g/mol. The quantitative estimate of drug-likeness (QED) is 0.757. The van der Waals surface area contributed by atoms with Crippen LogP contribution in [0.1, 0.15) is 13.3 Å². The Labute approximate surface area is 88.3 Å². The molecule has 74 valence electrons. The Kier molecular flexibility index (Phi) is 3.79. The molecule has 0 amide bonds. The molecule has 1 N–H and O–H groups in total. The van der Waals surface area contributed by atoms with Gasteiger partial charge in [0.2, 0.25) is 0 Å². The number of nitrogens with one attached hydrogen (secondary N) is 1. The van der Waals surface area contributed by atoms with Crippen LogP contribution in [0.25, 0.3) is 0 Å². The predicted octanol–water partition coefficient (Wildman–Crippen LogP) is 3.30. The Balaban J connectivity index is 2.82. The number of hydrogen-bond donors (Lipinski definition) is 1. The molecule has 0 aliphatic rings. The van der Waals surface area contributed by atoms with Crippen molar-refractivity contribution in [2.24, 2.45) is 0 Å². The van der Waals surface area contributed by atoms with Crippen LogP contribution in [-0.2, 0) is 0 Å². The summed E-state index contributed by atoms with van der Waals surface area (Å²) in [6.07, 6.45) is 6.00. The Bertz CT molecular complexity index is 357. The summed E-state index contributed by atoms with van der Waals surface area (Å²) in [5.74, 6) is 2.15. The van der Waals surface area contributed by atoms with E-state index in [1.54, 1.807) is 12.1 Å². The molecule has 0 saturated carbocycles. The van der Waals surface area contributed by atoms with Gasteiger partial charge in [0, 0.05) is 5.02 Å². The lowest BCUT2D eigenvalue weighted by Gasteiger charge is -2.12. The summed E-state index contributed by atoms with van der Waals surface area (Å²) >= 11 is 5.61. The molecule has 0 saturated heterocycles. The summed E-state index contributed by atoms with van der Waals surface area (Å²) in [5, 5.41) is 3.28. The second kappa shape index (κ2) is 4.88. The van der Waals surface area contributed by atoms with Gasteiger partial charge in [-0.05, 0) is 24.6 Å². The lowest BCUT2D eigenvalue weighted by molar-refractivity contribution is 0.628. The number of halogens is 2. The molecule has 0 aliphatic heterocycles. The highest BCUT2D eigenvalue weighted by atomic mass is 35.5. The number of rotatable bonds is 3. The summed E-state index contributed by atoms with van der Waals surface area (Å²) in [4.78, 5) is 0. The van der Waals surface area contributed by atoms with Crippen LogP contribution >= 0.6 is 11.6 Å². The van der Waals surface area contributed by atoms with Crippen LogP contribution in [0, 0.1) is 18.2 Å². The first-order valence-electron chi connectivity index (χ1n) is 4.35. The van der Waals surface area contributed by atoms with Crippen molar-refractivity contribution >= 4 is 17.3 Å². The van der Waals surface area contributed by atoms with Gasteiger partial charge in [0.1, 0.15) is 5.82 Å². The predicted molar refractivity (Wildman–Crippen MR) is 57.9 cm³/mol.